The molecule has 0 bridgehead atoms. The second-order valence-electron chi connectivity index (χ2n) is 5.81. The van der Waals surface area contributed by atoms with Gasteiger partial charge in [-0.2, -0.15) is 0 Å². The van der Waals surface area contributed by atoms with Gasteiger partial charge in [0, 0.05) is 13.1 Å². The Bertz CT molecular complexity index is 415. The van der Waals surface area contributed by atoms with E-state index < -0.39 is 0 Å². The summed E-state index contributed by atoms with van der Waals surface area (Å²) in [6.07, 6.45) is 1.43. The maximum absolute atomic E-state index is 6.04. The second kappa shape index (κ2) is 7.21. The van der Waals surface area contributed by atoms with E-state index >= 15 is 0 Å². The van der Waals surface area contributed by atoms with E-state index in [0.717, 1.165) is 26.2 Å². The first-order valence-corrected chi connectivity index (χ1v) is 7.74. The minimum Gasteiger partial charge on any atom is -0.374 e. The maximum Gasteiger partial charge on any atom is 0.0896 e. The molecule has 0 amide bonds. The van der Waals surface area contributed by atoms with Gasteiger partial charge in [-0.25, -0.2) is 0 Å². The number of aryl methyl sites for hydroxylation is 2. The van der Waals surface area contributed by atoms with Gasteiger partial charge in [0.25, 0.3) is 0 Å². The van der Waals surface area contributed by atoms with Gasteiger partial charge >= 0.3 is 0 Å². The van der Waals surface area contributed by atoms with Crippen LogP contribution in [-0.4, -0.2) is 44.3 Å². The zero-order valence-corrected chi connectivity index (χ0v) is 13.3. The third-order valence-corrected chi connectivity index (χ3v) is 4.12. The van der Waals surface area contributed by atoms with Gasteiger partial charge in [-0.15, -0.1) is 0 Å². The molecule has 1 aliphatic heterocycles. The summed E-state index contributed by atoms with van der Waals surface area (Å²) in [4.78, 5) is 2.59. The standard InChI is InChI=1S/C17H28N2O/c1-5-8-19-9-10-20-16(12-18-4)17(19)15-7-6-13(2)11-14(15)3/h6-7,11,16-18H,5,8-10,12H2,1-4H3. The first-order chi connectivity index (χ1) is 9.67. The Balaban J connectivity index is 2.32. The lowest BCUT2D eigenvalue weighted by atomic mass is 9.92. The molecule has 0 saturated carbocycles. The zero-order chi connectivity index (χ0) is 14.5. The van der Waals surface area contributed by atoms with Gasteiger partial charge in [0.2, 0.25) is 0 Å². The number of likely N-dealkylation sites (N-methyl/N-ethyl adjacent to an activating group) is 1. The molecule has 1 aliphatic rings. The van der Waals surface area contributed by atoms with E-state index in [1.807, 2.05) is 7.05 Å². The summed E-state index contributed by atoms with van der Waals surface area (Å²) in [5, 5.41) is 3.28. The summed E-state index contributed by atoms with van der Waals surface area (Å²) >= 11 is 0. The number of ether oxygens (including phenoxy) is 1. The van der Waals surface area contributed by atoms with Crippen LogP contribution in [0.15, 0.2) is 18.2 Å². The molecule has 1 heterocycles. The van der Waals surface area contributed by atoms with Crippen LogP contribution in [0.1, 0.15) is 36.1 Å². The van der Waals surface area contributed by atoms with Crippen molar-refractivity contribution in [3.8, 4) is 0 Å². The number of nitrogens with one attached hydrogen (secondary N) is 1. The van der Waals surface area contributed by atoms with Crippen LogP contribution in [0.2, 0.25) is 0 Å². The number of benzene rings is 1. The molecule has 2 rings (SSSR count). The number of rotatable bonds is 5. The van der Waals surface area contributed by atoms with E-state index in [0.29, 0.717) is 6.04 Å². The zero-order valence-electron chi connectivity index (χ0n) is 13.3. The lowest BCUT2D eigenvalue weighted by Crippen LogP contribution is -2.49. The predicted octanol–water partition coefficient (Wildman–Crippen LogP) is 2.67. The minimum atomic E-state index is 0.238. The molecule has 0 spiro atoms. The molecule has 1 saturated heterocycles. The average Bonchev–Trinajstić information content (AvgIpc) is 2.41. The first-order valence-electron chi connectivity index (χ1n) is 7.74. The van der Waals surface area contributed by atoms with Crippen LogP contribution in [0.5, 0.6) is 0 Å². The van der Waals surface area contributed by atoms with Crippen LogP contribution < -0.4 is 5.32 Å². The van der Waals surface area contributed by atoms with Gasteiger partial charge < -0.3 is 10.1 Å². The maximum atomic E-state index is 6.04. The summed E-state index contributed by atoms with van der Waals surface area (Å²) in [5.41, 5.74) is 4.13. The fraction of sp³-hybridized carbons (Fsp3) is 0.647. The third kappa shape index (κ3) is 3.40. The Morgan fingerprint density at radius 2 is 2.15 bits per heavy atom. The van der Waals surface area contributed by atoms with E-state index in [9.17, 15) is 0 Å². The highest BCUT2D eigenvalue weighted by Crippen LogP contribution is 2.32. The van der Waals surface area contributed by atoms with Crippen molar-refractivity contribution in [1.29, 1.82) is 0 Å². The number of hydrogen-bond acceptors (Lipinski definition) is 3. The van der Waals surface area contributed by atoms with E-state index in [2.05, 4.69) is 49.2 Å². The monoisotopic (exact) mass is 276 g/mol. The number of morpholine rings is 1. The Morgan fingerprint density at radius 1 is 1.35 bits per heavy atom. The largest absolute Gasteiger partial charge is 0.374 e. The Labute approximate surface area is 123 Å². The van der Waals surface area contributed by atoms with Crippen LogP contribution in [0, 0.1) is 13.8 Å². The molecule has 2 atom stereocenters. The lowest BCUT2D eigenvalue weighted by molar-refractivity contribution is -0.0706. The lowest BCUT2D eigenvalue weighted by Gasteiger charge is -2.42. The molecule has 3 heteroatoms. The Kier molecular flexibility index (Phi) is 5.58. The van der Waals surface area contributed by atoms with Crippen LogP contribution >= 0.6 is 0 Å². The van der Waals surface area contributed by atoms with Crippen molar-refractivity contribution >= 4 is 0 Å². The van der Waals surface area contributed by atoms with Crippen LogP contribution in [0.4, 0.5) is 0 Å². The molecule has 1 fully saturated rings. The molecule has 112 valence electrons. The van der Waals surface area contributed by atoms with E-state index in [1.165, 1.54) is 23.1 Å². The fourth-order valence-corrected chi connectivity index (χ4v) is 3.25. The van der Waals surface area contributed by atoms with Crippen molar-refractivity contribution in [1.82, 2.24) is 10.2 Å². The molecular formula is C17H28N2O. The van der Waals surface area contributed by atoms with Crippen molar-refractivity contribution in [3.05, 3.63) is 34.9 Å². The summed E-state index contributed by atoms with van der Waals surface area (Å²) in [5.74, 6) is 0. The highest BCUT2D eigenvalue weighted by molar-refractivity contribution is 5.34. The molecule has 1 N–H and O–H groups in total. The molecule has 1 aromatic rings. The van der Waals surface area contributed by atoms with Crippen molar-refractivity contribution in [2.45, 2.75) is 39.3 Å². The van der Waals surface area contributed by atoms with E-state index in [-0.39, 0.29) is 6.10 Å². The average molecular weight is 276 g/mol. The van der Waals surface area contributed by atoms with Crippen LogP contribution in [0.3, 0.4) is 0 Å². The van der Waals surface area contributed by atoms with Gasteiger partial charge in [-0.1, -0.05) is 30.7 Å². The smallest absolute Gasteiger partial charge is 0.0896 e. The number of hydrogen-bond donors (Lipinski definition) is 1. The minimum absolute atomic E-state index is 0.238. The predicted molar refractivity (Wildman–Crippen MR) is 84.2 cm³/mol. The van der Waals surface area contributed by atoms with Gasteiger partial charge in [-0.3, -0.25) is 4.90 Å². The SMILES string of the molecule is CCCN1CCOC(CNC)C1c1ccc(C)cc1C. The quantitative estimate of drug-likeness (QED) is 0.895. The molecular weight excluding hydrogens is 248 g/mol. The Morgan fingerprint density at radius 3 is 2.80 bits per heavy atom. The van der Waals surface area contributed by atoms with Gasteiger partial charge in [0.05, 0.1) is 18.8 Å². The summed E-state index contributed by atoms with van der Waals surface area (Å²) in [6, 6.07) is 7.16. The molecule has 2 unspecified atom stereocenters. The topological polar surface area (TPSA) is 24.5 Å². The van der Waals surface area contributed by atoms with E-state index in [4.69, 9.17) is 4.74 Å². The Hall–Kier alpha value is -0.900. The van der Waals surface area contributed by atoms with Gasteiger partial charge in [0.15, 0.2) is 0 Å². The van der Waals surface area contributed by atoms with Crippen LogP contribution in [-0.2, 0) is 4.74 Å². The van der Waals surface area contributed by atoms with Crippen molar-refractivity contribution in [3.63, 3.8) is 0 Å². The summed E-state index contributed by atoms with van der Waals surface area (Å²) < 4.78 is 6.04. The molecule has 3 nitrogen and oxygen atoms in total. The van der Waals surface area contributed by atoms with Crippen molar-refractivity contribution in [2.24, 2.45) is 0 Å². The highest BCUT2D eigenvalue weighted by atomic mass is 16.5. The molecule has 1 aromatic carbocycles. The normalized spacial score (nSPS) is 24.0. The number of nitrogens with zero attached hydrogens (tertiary/aromatic N) is 1. The van der Waals surface area contributed by atoms with Crippen molar-refractivity contribution in [2.75, 3.05) is 33.3 Å². The summed E-state index contributed by atoms with van der Waals surface area (Å²) in [6.45, 7) is 10.5. The molecule has 0 aliphatic carbocycles. The molecule has 20 heavy (non-hydrogen) atoms. The van der Waals surface area contributed by atoms with E-state index in [1.54, 1.807) is 0 Å². The third-order valence-electron chi connectivity index (χ3n) is 4.12. The molecule has 0 aromatic heterocycles. The summed E-state index contributed by atoms with van der Waals surface area (Å²) in [7, 11) is 2.00. The van der Waals surface area contributed by atoms with Crippen LogP contribution in [0.25, 0.3) is 0 Å². The highest BCUT2D eigenvalue weighted by Gasteiger charge is 2.33. The van der Waals surface area contributed by atoms with Gasteiger partial charge in [0.1, 0.15) is 0 Å². The van der Waals surface area contributed by atoms with Gasteiger partial charge in [-0.05, 0) is 45.0 Å². The second-order valence-corrected chi connectivity index (χ2v) is 5.81. The first kappa shape index (κ1) is 15.5. The molecule has 0 radical (unpaired) electrons. The fourth-order valence-electron chi connectivity index (χ4n) is 3.25. The van der Waals surface area contributed by atoms with Crippen molar-refractivity contribution < 1.29 is 4.74 Å².